The van der Waals surface area contributed by atoms with Gasteiger partial charge in [0, 0.05) is 25.7 Å². The highest BCUT2D eigenvalue weighted by atomic mass is 32.1. The first kappa shape index (κ1) is 11.1. The lowest BCUT2D eigenvalue weighted by atomic mass is 10.2. The van der Waals surface area contributed by atoms with Crippen molar-refractivity contribution < 1.29 is 4.74 Å². The largest absolute Gasteiger partial charge is 0.378 e. The minimum atomic E-state index is 0.414. The molecule has 0 saturated carbocycles. The standard InChI is InChI=1S/C11H18N2OS/c12-7-11-8-14-5-4-13(11)3-1-10-2-6-15-9-10/h2,6,9,11H,1,3-5,7-8,12H2. The Bertz CT molecular complexity index is 276. The number of hydrogen-bond acceptors (Lipinski definition) is 4. The second-order valence-corrected chi connectivity index (χ2v) is 4.66. The molecule has 1 saturated heterocycles. The maximum Gasteiger partial charge on any atom is 0.0634 e. The Kier molecular flexibility index (Phi) is 4.14. The SMILES string of the molecule is NCC1COCCN1CCc1ccsc1. The van der Waals surface area contributed by atoms with Crippen LogP contribution in [0.3, 0.4) is 0 Å². The molecule has 15 heavy (non-hydrogen) atoms. The molecule has 1 aromatic heterocycles. The first-order valence-corrected chi connectivity index (χ1v) is 6.37. The van der Waals surface area contributed by atoms with Crippen LogP contribution in [0.1, 0.15) is 5.56 Å². The van der Waals surface area contributed by atoms with Crippen LogP contribution in [0.4, 0.5) is 0 Å². The van der Waals surface area contributed by atoms with Crippen LogP contribution in [0, 0.1) is 0 Å². The number of morpholine rings is 1. The van der Waals surface area contributed by atoms with Gasteiger partial charge in [0.05, 0.1) is 13.2 Å². The molecule has 0 bridgehead atoms. The minimum Gasteiger partial charge on any atom is -0.378 e. The van der Waals surface area contributed by atoms with Gasteiger partial charge in [-0.2, -0.15) is 11.3 Å². The van der Waals surface area contributed by atoms with Crippen molar-refractivity contribution in [1.29, 1.82) is 0 Å². The molecule has 84 valence electrons. The fourth-order valence-electron chi connectivity index (χ4n) is 1.91. The van der Waals surface area contributed by atoms with E-state index in [2.05, 4.69) is 21.7 Å². The van der Waals surface area contributed by atoms with Crippen LogP contribution in [-0.2, 0) is 11.2 Å². The van der Waals surface area contributed by atoms with E-state index in [0.717, 1.165) is 32.7 Å². The van der Waals surface area contributed by atoms with Crippen LogP contribution >= 0.6 is 11.3 Å². The molecule has 3 nitrogen and oxygen atoms in total. The quantitative estimate of drug-likeness (QED) is 0.831. The third kappa shape index (κ3) is 3.01. The summed E-state index contributed by atoms with van der Waals surface area (Å²) in [4.78, 5) is 2.45. The number of hydrogen-bond donors (Lipinski definition) is 1. The molecule has 1 fully saturated rings. The van der Waals surface area contributed by atoms with E-state index in [9.17, 15) is 0 Å². The maximum atomic E-state index is 5.72. The molecule has 2 rings (SSSR count). The van der Waals surface area contributed by atoms with Gasteiger partial charge in [-0.05, 0) is 28.8 Å². The van der Waals surface area contributed by atoms with Crippen LogP contribution in [0.5, 0.6) is 0 Å². The zero-order valence-corrected chi connectivity index (χ0v) is 9.71. The summed E-state index contributed by atoms with van der Waals surface area (Å²) in [5, 5.41) is 4.35. The lowest BCUT2D eigenvalue weighted by molar-refractivity contribution is -0.00318. The van der Waals surface area contributed by atoms with Crippen molar-refractivity contribution in [3.8, 4) is 0 Å². The molecule has 2 N–H and O–H groups in total. The second kappa shape index (κ2) is 5.61. The van der Waals surface area contributed by atoms with Crippen molar-refractivity contribution in [2.75, 3.05) is 32.8 Å². The Morgan fingerprint density at radius 3 is 3.27 bits per heavy atom. The smallest absolute Gasteiger partial charge is 0.0634 e. The number of nitrogens with two attached hydrogens (primary N) is 1. The van der Waals surface area contributed by atoms with Gasteiger partial charge in [0.1, 0.15) is 0 Å². The first-order chi connectivity index (χ1) is 7.40. The molecule has 0 radical (unpaired) electrons. The maximum absolute atomic E-state index is 5.72. The van der Waals surface area contributed by atoms with E-state index in [1.807, 2.05) is 0 Å². The van der Waals surface area contributed by atoms with E-state index >= 15 is 0 Å². The number of thiophene rings is 1. The van der Waals surface area contributed by atoms with Crippen molar-refractivity contribution in [2.45, 2.75) is 12.5 Å². The normalized spacial score (nSPS) is 23.1. The van der Waals surface area contributed by atoms with E-state index in [0.29, 0.717) is 12.6 Å². The molecule has 1 aliphatic heterocycles. The average Bonchev–Trinajstić information content (AvgIpc) is 2.79. The van der Waals surface area contributed by atoms with E-state index in [4.69, 9.17) is 10.5 Å². The predicted molar refractivity (Wildman–Crippen MR) is 63.3 cm³/mol. The van der Waals surface area contributed by atoms with Gasteiger partial charge in [0.2, 0.25) is 0 Å². The average molecular weight is 226 g/mol. The van der Waals surface area contributed by atoms with E-state index < -0.39 is 0 Å². The first-order valence-electron chi connectivity index (χ1n) is 5.43. The highest BCUT2D eigenvalue weighted by molar-refractivity contribution is 7.07. The molecular formula is C11H18N2OS. The summed E-state index contributed by atoms with van der Waals surface area (Å²) in [5.41, 5.74) is 7.16. The fraction of sp³-hybridized carbons (Fsp3) is 0.636. The molecule has 1 aromatic rings. The van der Waals surface area contributed by atoms with E-state index in [-0.39, 0.29) is 0 Å². The van der Waals surface area contributed by atoms with Crippen molar-refractivity contribution in [2.24, 2.45) is 5.73 Å². The molecule has 1 aliphatic rings. The summed E-state index contributed by atoms with van der Waals surface area (Å²) in [6.45, 7) is 4.46. The molecular weight excluding hydrogens is 208 g/mol. The third-order valence-corrected chi connectivity index (χ3v) is 3.62. The molecule has 4 heteroatoms. The summed E-state index contributed by atoms with van der Waals surface area (Å²) in [7, 11) is 0. The van der Waals surface area contributed by atoms with Gasteiger partial charge in [0.25, 0.3) is 0 Å². The van der Waals surface area contributed by atoms with Gasteiger partial charge in [0.15, 0.2) is 0 Å². The summed E-state index contributed by atoms with van der Waals surface area (Å²) >= 11 is 1.76. The Balaban J connectivity index is 1.81. The summed E-state index contributed by atoms with van der Waals surface area (Å²) < 4.78 is 5.42. The lowest BCUT2D eigenvalue weighted by Crippen LogP contribution is -2.49. The topological polar surface area (TPSA) is 38.5 Å². The molecule has 2 heterocycles. The fourth-order valence-corrected chi connectivity index (χ4v) is 2.61. The van der Waals surface area contributed by atoms with E-state index in [1.165, 1.54) is 5.56 Å². The van der Waals surface area contributed by atoms with Crippen molar-refractivity contribution in [3.63, 3.8) is 0 Å². The van der Waals surface area contributed by atoms with Crippen LogP contribution < -0.4 is 5.73 Å². The molecule has 0 spiro atoms. The molecule has 0 aliphatic carbocycles. The number of nitrogens with zero attached hydrogens (tertiary/aromatic N) is 1. The zero-order valence-electron chi connectivity index (χ0n) is 8.89. The van der Waals surface area contributed by atoms with Gasteiger partial charge >= 0.3 is 0 Å². The van der Waals surface area contributed by atoms with Gasteiger partial charge < -0.3 is 10.5 Å². The highest BCUT2D eigenvalue weighted by Gasteiger charge is 2.20. The van der Waals surface area contributed by atoms with Crippen LogP contribution in [0.15, 0.2) is 16.8 Å². The molecule has 0 aromatic carbocycles. The molecule has 1 atom stereocenters. The minimum absolute atomic E-state index is 0.414. The second-order valence-electron chi connectivity index (χ2n) is 3.88. The highest BCUT2D eigenvalue weighted by Crippen LogP contribution is 2.10. The van der Waals surface area contributed by atoms with Gasteiger partial charge in [-0.3, -0.25) is 4.90 Å². The van der Waals surface area contributed by atoms with Crippen molar-refractivity contribution >= 4 is 11.3 Å². The van der Waals surface area contributed by atoms with E-state index in [1.54, 1.807) is 11.3 Å². The monoisotopic (exact) mass is 226 g/mol. The predicted octanol–water partition coefficient (Wildman–Crippen LogP) is 0.950. The summed E-state index contributed by atoms with van der Waals surface area (Å²) in [6, 6.07) is 2.61. The number of rotatable bonds is 4. The Hall–Kier alpha value is -0.420. The lowest BCUT2D eigenvalue weighted by Gasteiger charge is -2.34. The van der Waals surface area contributed by atoms with Crippen molar-refractivity contribution in [1.82, 2.24) is 4.90 Å². The summed E-state index contributed by atoms with van der Waals surface area (Å²) in [5.74, 6) is 0. The van der Waals surface area contributed by atoms with Gasteiger partial charge in [-0.15, -0.1) is 0 Å². The molecule has 1 unspecified atom stereocenters. The Labute approximate surface area is 94.8 Å². The summed E-state index contributed by atoms with van der Waals surface area (Å²) in [6.07, 6.45) is 1.12. The third-order valence-electron chi connectivity index (χ3n) is 2.89. The van der Waals surface area contributed by atoms with Crippen LogP contribution in [-0.4, -0.2) is 43.8 Å². The van der Waals surface area contributed by atoms with Crippen LogP contribution in [0.25, 0.3) is 0 Å². The van der Waals surface area contributed by atoms with Gasteiger partial charge in [-0.1, -0.05) is 0 Å². The Morgan fingerprint density at radius 1 is 1.60 bits per heavy atom. The zero-order chi connectivity index (χ0) is 10.5. The van der Waals surface area contributed by atoms with Gasteiger partial charge in [-0.25, -0.2) is 0 Å². The Morgan fingerprint density at radius 2 is 2.53 bits per heavy atom. The van der Waals surface area contributed by atoms with Crippen LogP contribution in [0.2, 0.25) is 0 Å². The number of ether oxygens (including phenoxy) is 1. The molecule has 0 amide bonds. The van der Waals surface area contributed by atoms with Crippen molar-refractivity contribution in [3.05, 3.63) is 22.4 Å².